The number of amides is 1. The van der Waals surface area contributed by atoms with Gasteiger partial charge in [-0.1, -0.05) is 13.0 Å². The average molecular weight is 343 g/mol. The van der Waals surface area contributed by atoms with Gasteiger partial charge < -0.3 is 14.5 Å². The lowest BCUT2D eigenvalue weighted by molar-refractivity contribution is -0.0249. The van der Waals surface area contributed by atoms with Gasteiger partial charge in [0.1, 0.15) is 17.6 Å². The van der Waals surface area contributed by atoms with Gasteiger partial charge in [0.05, 0.1) is 18.8 Å². The highest BCUT2D eigenvalue weighted by molar-refractivity contribution is 5.92. The summed E-state index contributed by atoms with van der Waals surface area (Å²) in [7, 11) is 3.91. The van der Waals surface area contributed by atoms with Crippen molar-refractivity contribution < 1.29 is 9.53 Å². The predicted octanol–water partition coefficient (Wildman–Crippen LogP) is 1.97. The fourth-order valence-electron chi connectivity index (χ4n) is 2.87. The first-order valence-electron chi connectivity index (χ1n) is 8.67. The number of pyridine rings is 1. The second kappa shape index (κ2) is 7.65. The van der Waals surface area contributed by atoms with E-state index in [2.05, 4.69) is 17.0 Å². The Kier molecular flexibility index (Phi) is 5.33. The van der Waals surface area contributed by atoms with Gasteiger partial charge in [-0.2, -0.15) is 5.10 Å². The fraction of sp³-hybridized carbons (Fsp3) is 0.500. The summed E-state index contributed by atoms with van der Waals surface area (Å²) in [5, 5.41) is 4.37. The number of hydrogen-bond acceptors (Lipinski definition) is 5. The normalized spacial score (nSPS) is 17.6. The van der Waals surface area contributed by atoms with Crippen LogP contribution in [0.15, 0.2) is 30.5 Å². The molecular formula is C18H25N5O2. The predicted molar refractivity (Wildman–Crippen MR) is 95.7 cm³/mol. The van der Waals surface area contributed by atoms with Gasteiger partial charge in [0.2, 0.25) is 0 Å². The Balaban J connectivity index is 1.72. The van der Waals surface area contributed by atoms with Gasteiger partial charge in [0, 0.05) is 33.4 Å². The number of carbonyl (C=O) groups is 1. The van der Waals surface area contributed by atoms with Crippen molar-refractivity contribution in [2.24, 2.45) is 0 Å². The van der Waals surface area contributed by atoms with Crippen LogP contribution in [0.4, 0.5) is 5.82 Å². The zero-order valence-electron chi connectivity index (χ0n) is 15.1. The van der Waals surface area contributed by atoms with Gasteiger partial charge in [0.25, 0.3) is 5.91 Å². The number of hydrogen-bond donors (Lipinski definition) is 0. The zero-order chi connectivity index (χ0) is 17.8. The molecule has 0 unspecified atom stereocenters. The van der Waals surface area contributed by atoms with Crippen molar-refractivity contribution in [3.63, 3.8) is 0 Å². The van der Waals surface area contributed by atoms with Crippen molar-refractivity contribution in [1.82, 2.24) is 19.7 Å². The molecule has 25 heavy (non-hydrogen) atoms. The number of aryl methyl sites for hydroxylation is 1. The Hall–Kier alpha value is -2.41. The van der Waals surface area contributed by atoms with Crippen molar-refractivity contribution in [2.45, 2.75) is 26.0 Å². The van der Waals surface area contributed by atoms with E-state index >= 15 is 0 Å². The average Bonchev–Trinajstić information content (AvgIpc) is 3.10. The molecule has 1 atom stereocenters. The van der Waals surface area contributed by atoms with E-state index in [0.717, 1.165) is 24.5 Å². The van der Waals surface area contributed by atoms with Gasteiger partial charge in [-0.15, -0.1) is 0 Å². The Morgan fingerprint density at radius 3 is 2.96 bits per heavy atom. The standard InChI is InChI=1S/C18H25N5O2/c1-4-9-23-10-8-15(20-23)18(24)22-11-12-25-16(13-22)14-6-5-7-17(19-14)21(2)3/h5-8,10,16H,4,9,11-13H2,1-3H3/t16-/m1/s1. The van der Waals surface area contributed by atoms with Gasteiger partial charge >= 0.3 is 0 Å². The summed E-state index contributed by atoms with van der Waals surface area (Å²) in [6.45, 7) is 4.47. The molecule has 1 amide bonds. The number of rotatable bonds is 5. The van der Waals surface area contributed by atoms with E-state index in [4.69, 9.17) is 4.74 Å². The third kappa shape index (κ3) is 3.99. The maximum atomic E-state index is 12.7. The van der Waals surface area contributed by atoms with E-state index in [0.29, 0.717) is 25.4 Å². The quantitative estimate of drug-likeness (QED) is 0.830. The Morgan fingerprint density at radius 2 is 2.20 bits per heavy atom. The van der Waals surface area contributed by atoms with Gasteiger partial charge in [-0.25, -0.2) is 4.98 Å². The molecule has 1 fully saturated rings. The Labute approximate surface area is 148 Å². The van der Waals surface area contributed by atoms with Crippen LogP contribution in [-0.2, 0) is 11.3 Å². The summed E-state index contributed by atoms with van der Waals surface area (Å²) in [5.74, 6) is 0.828. The van der Waals surface area contributed by atoms with Crippen LogP contribution < -0.4 is 4.90 Å². The van der Waals surface area contributed by atoms with Crippen molar-refractivity contribution in [3.8, 4) is 0 Å². The maximum absolute atomic E-state index is 12.7. The fourth-order valence-corrected chi connectivity index (χ4v) is 2.87. The van der Waals surface area contributed by atoms with Crippen molar-refractivity contribution in [1.29, 1.82) is 0 Å². The number of morpholine rings is 1. The summed E-state index contributed by atoms with van der Waals surface area (Å²) in [5.41, 5.74) is 1.34. The van der Waals surface area contributed by atoms with Crippen LogP contribution in [0, 0.1) is 0 Å². The van der Waals surface area contributed by atoms with E-state index < -0.39 is 0 Å². The van der Waals surface area contributed by atoms with Gasteiger partial charge in [-0.05, 0) is 24.6 Å². The van der Waals surface area contributed by atoms with Crippen LogP contribution in [0.1, 0.15) is 35.6 Å². The first-order chi connectivity index (χ1) is 12.1. The molecule has 2 aromatic rings. The van der Waals surface area contributed by atoms with Crippen LogP contribution >= 0.6 is 0 Å². The van der Waals surface area contributed by atoms with Crippen LogP contribution in [-0.4, -0.2) is 59.4 Å². The van der Waals surface area contributed by atoms with Gasteiger partial charge in [-0.3, -0.25) is 9.48 Å². The Bertz CT molecular complexity index is 728. The van der Waals surface area contributed by atoms with Crippen LogP contribution in [0.2, 0.25) is 0 Å². The smallest absolute Gasteiger partial charge is 0.274 e. The molecule has 7 nitrogen and oxygen atoms in total. The van der Waals surface area contributed by atoms with Gasteiger partial charge in [0.15, 0.2) is 0 Å². The monoisotopic (exact) mass is 343 g/mol. The van der Waals surface area contributed by atoms with E-state index in [1.54, 1.807) is 11.0 Å². The van der Waals surface area contributed by atoms with Crippen LogP contribution in [0.3, 0.4) is 0 Å². The highest BCUT2D eigenvalue weighted by Gasteiger charge is 2.28. The summed E-state index contributed by atoms with van der Waals surface area (Å²) >= 11 is 0. The highest BCUT2D eigenvalue weighted by atomic mass is 16.5. The highest BCUT2D eigenvalue weighted by Crippen LogP contribution is 2.23. The maximum Gasteiger partial charge on any atom is 0.274 e. The van der Waals surface area contributed by atoms with E-state index in [1.165, 1.54) is 0 Å². The molecule has 7 heteroatoms. The van der Waals surface area contributed by atoms with Crippen LogP contribution in [0.25, 0.3) is 0 Å². The minimum Gasteiger partial charge on any atom is -0.368 e. The SMILES string of the molecule is CCCn1ccc(C(=O)N2CCO[C@@H](c3cccc(N(C)C)n3)C2)n1. The molecule has 0 aliphatic carbocycles. The second-order valence-corrected chi connectivity index (χ2v) is 6.39. The first kappa shape index (κ1) is 17.4. The third-order valence-electron chi connectivity index (χ3n) is 4.21. The molecule has 0 bridgehead atoms. The van der Waals surface area contributed by atoms with E-state index in [-0.39, 0.29) is 12.0 Å². The number of aromatic nitrogens is 3. The largest absolute Gasteiger partial charge is 0.368 e. The van der Waals surface area contributed by atoms with Crippen molar-refractivity contribution in [2.75, 3.05) is 38.7 Å². The van der Waals surface area contributed by atoms with Crippen LogP contribution in [0.5, 0.6) is 0 Å². The molecular weight excluding hydrogens is 318 g/mol. The first-order valence-corrected chi connectivity index (χ1v) is 8.67. The lowest BCUT2D eigenvalue weighted by Gasteiger charge is -2.32. The van der Waals surface area contributed by atoms with E-state index in [9.17, 15) is 4.79 Å². The topological polar surface area (TPSA) is 63.5 Å². The number of anilines is 1. The molecule has 0 N–H and O–H groups in total. The molecule has 3 rings (SSSR count). The molecule has 2 aromatic heterocycles. The second-order valence-electron chi connectivity index (χ2n) is 6.39. The molecule has 0 radical (unpaired) electrons. The molecule has 1 aliphatic heterocycles. The zero-order valence-corrected chi connectivity index (χ0v) is 15.1. The van der Waals surface area contributed by atoms with Crippen molar-refractivity contribution >= 4 is 11.7 Å². The molecule has 134 valence electrons. The summed E-state index contributed by atoms with van der Waals surface area (Å²) in [6.07, 6.45) is 2.63. The number of nitrogens with zero attached hydrogens (tertiary/aromatic N) is 5. The Morgan fingerprint density at radius 1 is 1.36 bits per heavy atom. The number of ether oxygens (including phenoxy) is 1. The third-order valence-corrected chi connectivity index (χ3v) is 4.21. The van der Waals surface area contributed by atoms with Crippen molar-refractivity contribution in [3.05, 3.63) is 41.9 Å². The minimum absolute atomic E-state index is 0.0492. The minimum atomic E-state index is -0.213. The molecule has 0 aromatic carbocycles. The lowest BCUT2D eigenvalue weighted by Crippen LogP contribution is -2.42. The summed E-state index contributed by atoms with van der Waals surface area (Å²) < 4.78 is 7.67. The molecule has 1 aliphatic rings. The molecule has 0 saturated carbocycles. The molecule has 3 heterocycles. The van der Waals surface area contributed by atoms with E-state index in [1.807, 2.05) is 48.1 Å². The summed E-state index contributed by atoms with van der Waals surface area (Å²) in [6, 6.07) is 7.65. The lowest BCUT2D eigenvalue weighted by atomic mass is 10.1. The number of carbonyl (C=O) groups excluding carboxylic acids is 1. The molecule has 1 saturated heterocycles. The summed E-state index contributed by atoms with van der Waals surface area (Å²) in [4.78, 5) is 21.1. The molecule has 0 spiro atoms.